The van der Waals surface area contributed by atoms with Crippen LogP contribution >= 0.6 is 7.82 Å². The van der Waals surface area contributed by atoms with Gasteiger partial charge in [-0.25, -0.2) is 4.57 Å². The maximum absolute atomic E-state index is 12.6. The van der Waals surface area contributed by atoms with Crippen LogP contribution in [0.5, 0.6) is 0 Å². The number of rotatable bonds is 39. The summed E-state index contributed by atoms with van der Waals surface area (Å²) in [6, 6.07) is 0. The highest BCUT2D eigenvalue weighted by Gasteiger charge is 2.26. The number of phosphoric ester groups is 1. The molecule has 0 aromatic carbocycles. The lowest BCUT2D eigenvalue weighted by Gasteiger charge is -2.20. The molecule has 4 N–H and O–H groups in total. The number of nitrogens with two attached hydrogens (primary N) is 1. The van der Waals surface area contributed by atoms with Crippen molar-refractivity contribution < 1.29 is 42.7 Å². The number of hydrogen-bond donors (Lipinski definition) is 3. The second-order valence-electron chi connectivity index (χ2n) is 14.1. The number of hydrogen-bond acceptors (Lipinski definition) is 9. The molecule has 0 heterocycles. The van der Waals surface area contributed by atoms with Gasteiger partial charge >= 0.3 is 19.8 Å². The van der Waals surface area contributed by atoms with Crippen LogP contribution < -0.4 is 5.73 Å². The maximum Gasteiger partial charge on any atom is 0.472 e. The van der Waals surface area contributed by atoms with Gasteiger partial charge in [0.1, 0.15) is 6.61 Å². The zero-order valence-corrected chi connectivity index (χ0v) is 35.0. The molecule has 314 valence electrons. The fourth-order valence-electron chi connectivity index (χ4n) is 5.58. The number of carbonyl (C=O) groups excluding carboxylic acids is 2. The molecule has 11 heteroatoms. The molecule has 54 heavy (non-hydrogen) atoms. The molecule has 0 rings (SSSR count). The molecule has 0 amide bonds. The predicted molar refractivity (Wildman–Crippen MR) is 221 cm³/mol. The van der Waals surface area contributed by atoms with E-state index in [1.165, 1.54) is 77.0 Å². The second kappa shape index (κ2) is 39.2. The summed E-state index contributed by atoms with van der Waals surface area (Å²) in [5.41, 5.74) is 5.33. The van der Waals surface area contributed by atoms with Crippen molar-refractivity contribution in [2.24, 2.45) is 5.73 Å². The highest BCUT2D eigenvalue weighted by atomic mass is 31.2. The van der Waals surface area contributed by atoms with Gasteiger partial charge in [-0.3, -0.25) is 18.6 Å². The van der Waals surface area contributed by atoms with Crippen LogP contribution in [0.15, 0.2) is 48.6 Å². The molecule has 0 fully saturated rings. The molecular weight excluding hydrogens is 705 g/mol. The van der Waals surface area contributed by atoms with Crippen LogP contribution in [0.4, 0.5) is 0 Å². The zero-order chi connectivity index (χ0) is 39.8. The molecule has 0 aliphatic carbocycles. The molecular formula is C43H78NO9P. The van der Waals surface area contributed by atoms with Crippen LogP contribution in [0.1, 0.15) is 174 Å². The molecule has 0 aliphatic heterocycles. The van der Waals surface area contributed by atoms with Gasteiger partial charge in [-0.1, -0.05) is 146 Å². The lowest BCUT2D eigenvalue weighted by Crippen LogP contribution is -2.29. The third-order valence-electron chi connectivity index (χ3n) is 8.79. The van der Waals surface area contributed by atoms with Crippen LogP contribution in [-0.4, -0.2) is 60.5 Å². The Balaban J connectivity index is 4.37. The van der Waals surface area contributed by atoms with Crippen molar-refractivity contribution in [3.8, 4) is 0 Å². The second-order valence-corrected chi connectivity index (χ2v) is 15.5. The average molecular weight is 784 g/mol. The van der Waals surface area contributed by atoms with Gasteiger partial charge in [-0.05, 0) is 64.2 Å². The largest absolute Gasteiger partial charge is 0.472 e. The molecule has 0 radical (unpaired) electrons. The van der Waals surface area contributed by atoms with Gasteiger partial charge in [0, 0.05) is 19.4 Å². The zero-order valence-electron chi connectivity index (χ0n) is 34.1. The van der Waals surface area contributed by atoms with E-state index in [4.69, 9.17) is 24.3 Å². The lowest BCUT2D eigenvalue weighted by atomic mass is 10.1. The maximum atomic E-state index is 12.6. The Bertz CT molecular complexity index is 1050. The molecule has 0 aliphatic rings. The van der Waals surface area contributed by atoms with E-state index in [-0.39, 0.29) is 32.6 Å². The molecule has 2 unspecified atom stereocenters. The summed E-state index contributed by atoms with van der Waals surface area (Å²) in [7, 11) is -4.42. The molecule has 0 aromatic rings. The monoisotopic (exact) mass is 784 g/mol. The third kappa shape index (κ3) is 38.2. The number of aliphatic hydroxyl groups excluding tert-OH is 1. The minimum Gasteiger partial charge on any atom is -0.462 e. The van der Waals surface area contributed by atoms with Crippen molar-refractivity contribution in [1.29, 1.82) is 0 Å². The van der Waals surface area contributed by atoms with Crippen LogP contribution in [0.2, 0.25) is 0 Å². The Morgan fingerprint density at radius 2 is 1.19 bits per heavy atom. The molecule has 10 nitrogen and oxygen atoms in total. The molecule has 0 aromatic heterocycles. The summed E-state index contributed by atoms with van der Waals surface area (Å²) in [4.78, 5) is 34.8. The molecule has 0 saturated heterocycles. The van der Waals surface area contributed by atoms with E-state index in [1.54, 1.807) is 12.2 Å². The quantitative estimate of drug-likeness (QED) is 0.0180. The molecule has 0 spiro atoms. The van der Waals surface area contributed by atoms with Crippen molar-refractivity contribution in [2.45, 2.75) is 187 Å². The van der Waals surface area contributed by atoms with Crippen molar-refractivity contribution in [3.05, 3.63) is 48.6 Å². The van der Waals surface area contributed by atoms with Crippen molar-refractivity contribution in [2.75, 3.05) is 26.4 Å². The lowest BCUT2D eigenvalue weighted by molar-refractivity contribution is -0.161. The van der Waals surface area contributed by atoms with Crippen LogP contribution in [0.25, 0.3) is 0 Å². The highest BCUT2D eigenvalue weighted by molar-refractivity contribution is 7.47. The summed E-state index contributed by atoms with van der Waals surface area (Å²) in [6.07, 6.45) is 40.3. The summed E-state index contributed by atoms with van der Waals surface area (Å²) in [5.74, 6) is -1.04. The van der Waals surface area contributed by atoms with Gasteiger partial charge in [0.25, 0.3) is 0 Å². The highest BCUT2D eigenvalue weighted by Crippen LogP contribution is 2.43. The van der Waals surface area contributed by atoms with Gasteiger partial charge in [-0.2, -0.15) is 0 Å². The summed E-state index contributed by atoms with van der Waals surface area (Å²) in [5, 5.41) is 10.2. The number of esters is 2. The van der Waals surface area contributed by atoms with Crippen LogP contribution in [0.3, 0.4) is 0 Å². The smallest absolute Gasteiger partial charge is 0.462 e. The van der Waals surface area contributed by atoms with E-state index in [2.05, 4.69) is 38.2 Å². The standard InChI is InChI=1S/C43H78NO9P/c1-3-5-7-9-11-13-15-17-18-20-22-24-26-28-30-34-43(47)53-41(39-52-54(48,49)51-37-36-44)38-50-42(46)35-31-33-40(45)32-29-27-25-23-21-19-16-14-12-10-8-6-4-2/h17-19,21,25,27,29,32,40-41,45H,3-16,20,22-24,26,28,30-31,33-39,44H2,1-2H3,(H,48,49)/b18-17-,21-19+,27-25+,32-29+/t40?,41-/m1/s1. The normalized spacial score (nSPS) is 14.4. The van der Waals surface area contributed by atoms with E-state index >= 15 is 0 Å². The number of carbonyl (C=O) groups is 2. The van der Waals surface area contributed by atoms with Crippen LogP contribution in [0, 0.1) is 0 Å². The fourth-order valence-corrected chi connectivity index (χ4v) is 6.34. The van der Waals surface area contributed by atoms with Crippen molar-refractivity contribution in [3.63, 3.8) is 0 Å². The number of aliphatic hydroxyl groups is 1. The van der Waals surface area contributed by atoms with E-state index in [0.717, 1.165) is 51.4 Å². The first kappa shape index (κ1) is 51.9. The first-order valence-electron chi connectivity index (χ1n) is 21.2. The Labute approximate surface area is 329 Å². The first-order chi connectivity index (χ1) is 26.2. The number of phosphoric acid groups is 1. The topological polar surface area (TPSA) is 155 Å². The van der Waals surface area contributed by atoms with Gasteiger partial charge in [0.05, 0.1) is 19.3 Å². The van der Waals surface area contributed by atoms with Crippen LogP contribution in [-0.2, 0) is 32.7 Å². The average Bonchev–Trinajstić information content (AvgIpc) is 3.15. The Morgan fingerprint density at radius 1 is 0.648 bits per heavy atom. The van der Waals surface area contributed by atoms with E-state index < -0.39 is 38.6 Å². The molecule has 0 saturated carbocycles. The van der Waals surface area contributed by atoms with Gasteiger partial charge in [0.15, 0.2) is 6.10 Å². The summed E-state index contributed by atoms with van der Waals surface area (Å²) < 4.78 is 32.6. The van der Waals surface area contributed by atoms with Crippen molar-refractivity contribution >= 4 is 19.8 Å². The van der Waals surface area contributed by atoms with Gasteiger partial charge in [-0.15, -0.1) is 0 Å². The Kier molecular flexibility index (Phi) is 37.7. The Hall–Kier alpha value is -2.07. The third-order valence-corrected chi connectivity index (χ3v) is 9.78. The van der Waals surface area contributed by atoms with Gasteiger partial charge in [0.2, 0.25) is 0 Å². The summed E-state index contributed by atoms with van der Waals surface area (Å²) >= 11 is 0. The fraction of sp³-hybridized carbons (Fsp3) is 0.767. The van der Waals surface area contributed by atoms with Crippen molar-refractivity contribution in [1.82, 2.24) is 0 Å². The molecule has 3 atom stereocenters. The molecule has 0 bridgehead atoms. The summed E-state index contributed by atoms with van der Waals surface area (Å²) in [6.45, 7) is 3.48. The van der Waals surface area contributed by atoms with E-state index in [0.29, 0.717) is 19.3 Å². The van der Waals surface area contributed by atoms with Gasteiger partial charge < -0.3 is 25.2 Å². The van der Waals surface area contributed by atoms with E-state index in [1.807, 2.05) is 12.2 Å². The predicted octanol–water partition coefficient (Wildman–Crippen LogP) is 10.9. The number of ether oxygens (including phenoxy) is 2. The minimum absolute atomic E-state index is 0.0259. The number of unbranched alkanes of at least 4 members (excludes halogenated alkanes) is 17. The van der Waals surface area contributed by atoms with E-state index in [9.17, 15) is 24.2 Å². The Morgan fingerprint density at radius 3 is 1.78 bits per heavy atom. The minimum atomic E-state index is -4.42. The number of allylic oxidation sites excluding steroid dienone is 7. The first-order valence-corrected chi connectivity index (χ1v) is 22.7. The SMILES string of the molecule is CCCCCCCC/C=C\CCCCCCCC(=O)O[C@H](COC(=O)CCCC(O)/C=C/C=C/C/C=C/CCCCCCCC)COP(=O)(O)OCCN.